The number of ether oxygens (including phenoxy) is 3. The molecule has 0 aliphatic carbocycles. The van der Waals surface area contributed by atoms with Gasteiger partial charge in [-0.1, -0.05) is 29.8 Å². The van der Waals surface area contributed by atoms with Crippen molar-refractivity contribution < 1.29 is 19.0 Å². The van der Waals surface area contributed by atoms with Gasteiger partial charge in [0, 0.05) is 28.5 Å². The molecular formula is C24H23ClN2O4. The van der Waals surface area contributed by atoms with Crippen LogP contribution in [0.25, 0.3) is 21.8 Å². The number of H-pyrrole nitrogens is 1. The van der Waals surface area contributed by atoms with Gasteiger partial charge in [-0.2, -0.15) is 0 Å². The number of fused-ring (bicyclic) bond motifs is 3. The Morgan fingerprint density at radius 3 is 2.65 bits per heavy atom. The predicted molar refractivity (Wildman–Crippen MR) is 121 cm³/mol. The van der Waals surface area contributed by atoms with E-state index in [1.54, 1.807) is 27.2 Å². The number of halogens is 1. The number of carbonyl (C=O) groups excluding carboxylic acids is 1. The molecule has 0 unspecified atom stereocenters. The van der Waals surface area contributed by atoms with Crippen LogP contribution in [0.15, 0.2) is 48.7 Å². The molecule has 160 valence electrons. The van der Waals surface area contributed by atoms with Gasteiger partial charge in [0.15, 0.2) is 5.69 Å². The average Bonchev–Trinajstić information content (AvgIpc) is 3.11. The normalized spacial score (nSPS) is 11.4. The first-order valence-electron chi connectivity index (χ1n) is 9.97. The quantitative estimate of drug-likeness (QED) is 0.377. The fourth-order valence-corrected chi connectivity index (χ4v) is 3.82. The molecule has 0 fully saturated rings. The molecule has 0 saturated heterocycles. The lowest BCUT2D eigenvalue weighted by molar-refractivity contribution is 0.0366. The Balaban J connectivity index is 1.84. The topological polar surface area (TPSA) is 73.4 Å². The summed E-state index contributed by atoms with van der Waals surface area (Å²) in [5, 5.41) is 2.37. The minimum atomic E-state index is -0.476. The van der Waals surface area contributed by atoms with E-state index in [1.165, 1.54) is 0 Å². The van der Waals surface area contributed by atoms with E-state index in [0.717, 1.165) is 27.4 Å². The molecule has 4 rings (SSSR count). The van der Waals surface area contributed by atoms with Crippen molar-refractivity contribution in [2.24, 2.45) is 0 Å². The maximum Gasteiger partial charge on any atom is 0.357 e. The predicted octanol–water partition coefficient (Wildman–Crippen LogP) is 5.66. The van der Waals surface area contributed by atoms with E-state index < -0.39 is 5.97 Å². The van der Waals surface area contributed by atoms with Gasteiger partial charge in [-0.15, -0.1) is 0 Å². The summed E-state index contributed by atoms with van der Waals surface area (Å²) in [6.07, 6.45) is 1.39. The minimum Gasteiger partial charge on any atom is -0.488 e. The van der Waals surface area contributed by atoms with E-state index in [0.29, 0.717) is 22.9 Å². The molecule has 31 heavy (non-hydrogen) atoms. The number of nitrogens with zero attached hydrogens (tertiary/aromatic N) is 1. The number of carbonyl (C=O) groups is 1. The molecule has 0 aliphatic rings. The smallest absolute Gasteiger partial charge is 0.357 e. The van der Waals surface area contributed by atoms with E-state index >= 15 is 0 Å². The molecule has 0 bridgehead atoms. The van der Waals surface area contributed by atoms with Gasteiger partial charge >= 0.3 is 5.97 Å². The molecule has 0 aliphatic heterocycles. The molecule has 1 N–H and O–H groups in total. The zero-order valence-corrected chi connectivity index (χ0v) is 18.3. The Kier molecular flexibility index (Phi) is 6.11. The summed E-state index contributed by atoms with van der Waals surface area (Å²) >= 11 is 6.10. The first-order valence-corrected chi connectivity index (χ1v) is 10.3. The SMILES string of the molecule is COCc1c(C(=O)OC(C)C)ncc2[nH]c3cccc(OCc4cccc(Cl)c4)c3c12. The molecule has 0 amide bonds. The van der Waals surface area contributed by atoms with Crippen LogP contribution in [0.3, 0.4) is 0 Å². The van der Waals surface area contributed by atoms with Gasteiger partial charge in [0.05, 0.1) is 29.9 Å². The summed E-state index contributed by atoms with van der Waals surface area (Å²) in [5.41, 5.74) is 3.54. The van der Waals surface area contributed by atoms with Crippen LogP contribution in [0.1, 0.15) is 35.5 Å². The van der Waals surface area contributed by atoms with Crippen LogP contribution in [0, 0.1) is 0 Å². The van der Waals surface area contributed by atoms with E-state index in [9.17, 15) is 4.79 Å². The Hall–Kier alpha value is -3.09. The number of benzene rings is 2. The van der Waals surface area contributed by atoms with Gasteiger partial charge in [0.1, 0.15) is 12.4 Å². The fourth-order valence-electron chi connectivity index (χ4n) is 3.61. The van der Waals surface area contributed by atoms with Gasteiger partial charge in [-0.3, -0.25) is 0 Å². The van der Waals surface area contributed by atoms with Crippen LogP contribution in [0.4, 0.5) is 0 Å². The van der Waals surface area contributed by atoms with Crippen LogP contribution in [-0.4, -0.2) is 29.2 Å². The van der Waals surface area contributed by atoms with Crippen molar-refractivity contribution in [1.29, 1.82) is 0 Å². The van der Waals surface area contributed by atoms with Gasteiger partial charge < -0.3 is 19.2 Å². The Morgan fingerprint density at radius 2 is 1.90 bits per heavy atom. The molecule has 6 nitrogen and oxygen atoms in total. The van der Waals surface area contributed by atoms with Crippen molar-refractivity contribution >= 4 is 39.4 Å². The minimum absolute atomic E-state index is 0.211. The molecule has 0 saturated carbocycles. The Labute approximate surface area is 185 Å². The van der Waals surface area contributed by atoms with Crippen molar-refractivity contribution in [3.05, 3.63) is 70.5 Å². The van der Waals surface area contributed by atoms with Crippen LogP contribution in [0.2, 0.25) is 5.02 Å². The first-order chi connectivity index (χ1) is 15.0. The van der Waals surface area contributed by atoms with E-state index in [2.05, 4.69) is 9.97 Å². The number of pyridine rings is 1. The average molecular weight is 439 g/mol. The highest BCUT2D eigenvalue weighted by Crippen LogP contribution is 2.36. The first kappa shape index (κ1) is 21.2. The molecule has 7 heteroatoms. The van der Waals surface area contributed by atoms with Crippen molar-refractivity contribution in [2.75, 3.05) is 7.11 Å². The second kappa shape index (κ2) is 8.96. The van der Waals surface area contributed by atoms with Crippen LogP contribution in [0.5, 0.6) is 5.75 Å². The molecule has 0 atom stereocenters. The van der Waals surface area contributed by atoms with E-state index in [1.807, 2.05) is 42.5 Å². The lowest BCUT2D eigenvalue weighted by atomic mass is 10.0. The second-order valence-corrected chi connectivity index (χ2v) is 7.92. The van der Waals surface area contributed by atoms with Crippen LogP contribution < -0.4 is 4.74 Å². The van der Waals surface area contributed by atoms with E-state index in [-0.39, 0.29) is 18.4 Å². The van der Waals surface area contributed by atoms with Crippen molar-refractivity contribution in [1.82, 2.24) is 9.97 Å². The number of nitrogens with one attached hydrogen (secondary N) is 1. The zero-order chi connectivity index (χ0) is 22.0. The Morgan fingerprint density at radius 1 is 1.10 bits per heavy atom. The third kappa shape index (κ3) is 4.36. The van der Waals surface area contributed by atoms with Crippen LogP contribution in [-0.2, 0) is 22.7 Å². The van der Waals surface area contributed by atoms with Gasteiger partial charge in [0.25, 0.3) is 0 Å². The molecule has 0 spiro atoms. The third-order valence-electron chi connectivity index (χ3n) is 4.83. The van der Waals surface area contributed by atoms with Gasteiger partial charge in [-0.25, -0.2) is 9.78 Å². The molecule has 2 aromatic carbocycles. The third-order valence-corrected chi connectivity index (χ3v) is 5.07. The van der Waals surface area contributed by atoms with Crippen molar-refractivity contribution in [3.8, 4) is 5.75 Å². The van der Waals surface area contributed by atoms with Gasteiger partial charge in [0.2, 0.25) is 0 Å². The Bertz CT molecular complexity index is 1250. The number of hydrogen-bond donors (Lipinski definition) is 1. The number of aromatic nitrogens is 2. The number of methoxy groups -OCH3 is 1. The zero-order valence-electron chi connectivity index (χ0n) is 17.6. The molecule has 0 radical (unpaired) electrons. The highest BCUT2D eigenvalue weighted by Gasteiger charge is 2.22. The van der Waals surface area contributed by atoms with E-state index in [4.69, 9.17) is 25.8 Å². The molecular weight excluding hydrogens is 416 g/mol. The lowest BCUT2D eigenvalue weighted by Crippen LogP contribution is -2.15. The maximum absolute atomic E-state index is 12.7. The largest absolute Gasteiger partial charge is 0.488 e. The van der Waals surface area contributed by atoms with Crippen LogP contribution >= 0.6 is 11.6 Å². The highest BCUT2D eigenvalue weighted by molar-refractivity contribution is 6.30. The highest BCUT2D eigenvalue weighted by atomic mass is 35.5. The monoisotopic (exact) mass is 438 g/mol. The summed E-state index contributed by atoms with van der Waals surface area (Å²) in [4.78, 5) is 20.4. The fraction of sp³-hybridized carbons (Fsp3) is 0.250. The number of esters is 1. The van der Waals surface area contributed by atoms with Gasteiger partial charge in [-0.05, 0) is 43.7 Å². The second-order valence-electron chi connectivity index (χ2n) is 7.48. The molecule has 4 aromatic rings. The number of rotatable bonds is 7. The van der Waals surface area contributed by atoms with Crippen molar-refractivity contribution in [3.63, 3.8) is 0 Å². The lowest BCUT2D eigenvalue weighted by Gasteiger charge is -2.13. The summed E-state index contributed by atoms with van der Waals surface area (Å²) < 4.78 is 17.0. The summed E-state index contributed by atoms with van der Waals surface area (Å²) in [5.74, 6) is 0.214. The summed E-state index contributed by atoms with van der Waals surface area (Å²) in [6, 6.07) is 13.3. The van der Waals surface area contributed by atoms with Crippen molar-refractivity contribution in [2.45, 2.75) is 33.2 Å². The standard InChI is InChI=1S/C24H23ClN2O4/c1-14(2)31-24(28)23-17(13-29-3)21-19(11-26-23)27-18-8-5-9-20(22(18)21)30-12-15-6-4-7-16(25)10-15/h4-11,14,27H,12-13H2,1-3H3. The summed E-state index contributed by atoms with van der Waals surface area (Å²) in [7, 11) is 1.59. The number of hydrogen-bond acceptors (Lipinski definition) is 5. The summed E-state index contributed by atoms with van der Waals surface area (Å²) in [6.45, 7) is 4.18. The molecule has 2 aromatic heterocycles. The maximum atomic E-state index is 12.7. The number of aromatic amines is 1. The molecule has 2 heterocycles.